The van der Waals surface area contributed by atoms with Crippen molar-refractivity contribution < 1.29 is 4.74 Å². The lowest BCUT2D eigenvalue weighted by molar-refractivity contribution is 0.198. The van der Waals surface area contributed by atoms with E-state index in [1.807, 2.05) is 4.68 Å². The number of rotatable bonds is 6. The van der Waals surface area contributed by atoms with Crippen LogP contribution in [0.1, 0.15) is 44.0 Å². The minimum absolute atomic E-state index is 0.498. The van der Waals surface area contributed by atoms with Gasteiger partial charge in [0, 0.05) is 13.7 Å². The van der Waals surface area contributed by atoms with E-state index >= 15 is 0 Å². The third-order valence-corrected chi connectivity index (χ3v) is 3.25. The summed E-state index contributed by atoms with van der Waals surface area (Å²) in [5, 5.41) is 15.3. The van der Waals surface area contributed by atoms with Crippen molar-refractivity contribution in [2.45, 2.75) is 44.7 Å². The van der Waals surface area contributed by atoms with Crippen LogP contribution in [-0.2, 0) is 11.3 Å². The van der Waals surface area contributed by atoms with Crippen LogP contribution in [-0.4, -0.2) is 40.5 Å². The van der Waals surface area contributed by atoms with Gasteiger partial charge in [-0.3, -0.25) is 0 Å². The molecule has 1 aromatic rings. The molecule has 0 aliphatic heterocycles. The van der Waals surface area contributed by atoms with Crippen LogP contribution in [0.4, 0.5) is 0 Å². The van der Waals surface area contributed by atoms with Crippen molar-refractivity contribution in [3.8, 4) is 0 Å². The van der Waals surface area contributed by atoms with Crippen LogP contribution in [0.2, 0.25) is 0 Å². The Balaban J connectivity index is 1.87. The molecule has 1 N–H and O–H groups in total. The Morgan fingerprint density at radius 3 is 2.94 bits per heavy atom. The molecule has 96 valence electrons. The van der Waals surface area contributed by atoms with Gasteiger partial charge >= 0.3 is 0 Å². The molecule has 0 saturated heterocycles. The first-order chi connectivity index (χ1) is 8.42. The van der Waals surface area contributed by atoms with Gasteiger partial charge in [-0.05, 0) is 23.3 Å². The zero-order chi connectivity index (χ0) is 11.9. The maximum atomic E-state index is 4.99. The Morgan fingerprint density at radius 1 is 1.35 bits per heavy atom. The second-order valence-corrected chi connectivity index (χ2v) is 4.50. The first-order valence-electron chi connectivity index (χ1n) is 6.38. The average Bonchev–Trinajstić information content (AvgIpc) is 2.84. The molecule has 0 atom stereocenters. The first kappa shape index (κ1) is 12.4. The quantitative estimate of drug-likeness (QED) is 0.748. The highest BCUT2D eigenvalue weighted by molar-refractivity contribution is 4.85. The number of nitrogens with one attached hydrogen (secondary N) is 1. The van der Waals surface area contributed by atoms with Crippen molar-refractivity contribution in [2.75, 3.05) is 20.3 Å². The van der Waals surface area contributed by atoms with Crippen LogP contribution in [0.15, 0.2) is 0 Å². The monoisotopic (exact) mass is 239 g/mol. The molecular formula is C11H21N5O. The molecule has 0 aromatic carbocycles. The average molecular weight is 239 g/mol. The van der Waals surface area contributed by atoms with E-state index in [0.29, 0.717) is 19.2 Å². The molecule has 0 radical (unpaired) electrons. The molecule has 1 fully saturated rings. The third kappa shape index (κ3) is 3.47. The van der Waals surface area contributed by atoms with E-state index in [0.717, 1.165) is 12.4 Å². The molecule has 0 amide bonds. The Labute approximate surface area is 102 Å². The summed E-state index contributed by atoms with van der Waals surface area (Å²) in [6.07, 6.45) is 6.34. The van der Waals surface area contributed by atoms with Gasteiger partial charge in [-0.1, -0.05) is 19.3 Å². The van der Waals surface area contributed by atoms with Crippen molar-refractivity contribution >= 4 is 0 Å². The molecule has 1 aromatic heterocycles. The summed E-state index contributed by atoms with van der Waals surface area (Å²) < 4.78 is 6.99. The number of ether oxygens (including phenoxy) is 1. The van der Waals surface area contributed by atoms with E-state index in [9.17, 15) is 0 Å². The van der Waals surface area contributed by atoms with Gasteiger partial charge in [-0.25, -0.2) is 4.68 Å². The summed E-state index contributed by atoms with van der Waals surface area (Å²) >= 11 is 0. The Morgan fingerprint density at radius 2 is 2.18 bits per heavy atom. The van der Waals surface area contributed by atoms with Crippen LogP contribution in [0.5, 0.6) is 0 Å². The van der Waals surface area contributed by atoms with Gasteiger partial charge in [-0.15, -0.1) is 5.10 Å². The second kappa shape index (κ2) is 6.66. The van der Waals surface area contributed by atoms with E-state index < -0.39 is 0 Å². The Kier molecular flexibility index (Phi) is 4.88. The normalized spacial score (nSPS) is 17.5. The fraction of sp³-hybridized carbons (Fsp3) is 0.909. The summed E-state index contributed by atoms with van der Waals surface area (Å²) in [6, 6.07) is 0.498. The van der Waals surface area contributed by atoms with Crippen molar-refractivity contribution in [2.24, 2.45) is 0 Å². The summed E-state index contributed by atoms with van der Waals surface area (Å²) in [7, 11) is 1.70. The minimum atomic E-state index is 0.498. The zero-order valence-corrected chi connectivity index (χ0v) is 10.4. The van der Waals surface area contributed by atoms with Crippen LogP contribution in [0, 0.1) is 0 Å². The zero-order valence-electron chi connectivity index (χ0n) is 10.4. The third-order valence-electron chi connectivity index (χ3n) is 3.25. The predicted octanol–water partition coefficient (Wildman–Crippen LogP) is 0.914. The van der Waals surface area contributed by atoms with Gasteiger partial charge in [-0.2, -0.15) is 0 Å². The number of hydrogen-bond donors (Lipinski definition) is 1. The lowest BCUT2D eigenvalue weighted by atomic mass is 9.96. The maximum absolute atomic E-state index is 4.99. The number of hydrogen-bond acceptors (Lipinski definition) is 5. The van der Waals surface area contributed by atoms with Gasteiger partial charge in [0.25, 0.3) is 0 Å². The predicted molar refractivity (Wildman–Crippen MR) is 63.5 cm³/mol. The van der Waals surface area contributed by atoms with Crippen LogP contribution in [0.3, 0.4) is 0 Å². The lowest BCUT2D eigenvalue weighted by Crippen LogP contribution is -2.24. The SMILES string of the molecule is COCCNCc1nnnn1C1CCCCC1. The summed E-state index contributed by atoms with van der Waals surface area (Å²) in [4.78, 5) is 0. The highest BCUT2D eigenvalue weighted by Crippen LogP contribution is 2.27. The van der Waals surface area contributed by atoms with Gasteiger partial charge in [0.05, 0.1) is 19.2 Å². The standard InChI is InChI=1S/C11H21N5O/c1-17-8-7-12-9-11-13-14-15-16(11)10-5-3-2-4-6-10/h10,12H,2-9H2,1H3. The van der Waals surface area contributed by atoms with Crippen molar-refractivity contribution in [1.82, 2.24) is 25.5 Å². The molecule has 1 heterocycles. The molecule has 1 saturated carbocycles. The molecule has 2 rings (SSSR count). The molecule has 1 aliphatic rings. The second-order valence-electron chi connectivity index (χ2n) is 4.50. The van der Waals surface area contributed by atoms with E-state index in [2.05, 4.69) is 20.8 Å². The van der Waals surface area contributed by atoms with Crippen LogP contribution in [0.25, 0.3) is 0 Å². The van der Waals surface area contributed by atoms with Crippen LogP contribution < -0.4 is 5.32 Å². The van der Waals surface area contributed by atoms with Crippen molar-refractivity contribution in [3.05, 3.63) is 5.82 Å². The van der Waals surface area contributed by atoms with E-state index in [1.165, 1.54) is 32.1 Å². The van der Waals surface area contributed by atoms with Gasteiger partial charge in [0.15, 0.2) is 5.82 Å². The van der Waals surface area contributed by atoms with E-state index in [-0.39, 0.29) is 0 Å². The summed E-state index contributed by atoms with van der Waals surface area (Å²) in [5.41, 5.74) is 0. The fourth-order valence-electron chi connectivity index (χ4n) is 2.31. The minimum Gasteiger partial charge on any atom is -0.383 e. The molecule has 0 spiro atoms. The summed E-state index contributed by atoms with van der Waals surface area (Å²) in [5.74, 6) is 0.938. The van der Waals surface area contributed by atoms with Gasteiger partial charge in [0.1, 0.15) is 0 Å². The lowest BCUT2D eigenvalue weighted by Gasteiger charge is -2.22. The molecular weight excluding hydrogens is 218 g/mol. The topological polar surface area (TPSA) is 64.9 Å². The fourth-order valence-corrected chi connectivity index (χ4v) is 2.31. The number of nitrogens with zero attached hydrogens (tertiary/aromatic N) is 4. The highest BCUT2D eigenvalue weighted by Gasteiger charge is 2.19. The number of methoxy groups -OCH3 is 1. The number of tetrazole rings is 1. The molecule has 0 bridgehead atoms. The smallest absolute Gasteiger partial charge is 0.165 e. The molecule has 6 nitrogen and oxygen atoms in total. The maximum Gasteiger partial charge on any atom is 0.165 e. The molecule has 1 aliphatic carbocycles. The van der Waals surface area contributed by atoms with Crippen molar-refractivity contribution in [3.63, 3.8) is 0 Å². The van der Waals surface area contributed by atoms with Crippen molar-refractivity contribution in [1.29, 1.82) is 0 Å². The van der Waals surface area contributed by atoms with Gasteiger partial charge in [0.2, 0.25) is 0 Å². The molecule has 6 heteroatoms. The van der Waals surface area contributed by atoms with Gasteiger partial charge < -0.3 is 10.1 Å². The molecule has 0 unspecified atom stereocenters. The highest BCUT2D eigenvalue weighted by atomic mass is 16.5. The Hall–Kier alpha value is -1.01. The Bertz CT molecular complexity index is 321. The molecule has 17 heavy (non-hydrogen) atoms. The summed E-state index contributed by atoms with van der Waals surface area (Å²) in [6.45, 7) is 2.26. The van der Waals surface area contributed by atoms with E-state index in [1.54, 1.807) is 7.11 Å². The number of aromatic nitrogens is 4. The largest absolute Gasteiger partial charge is 0.383 e. The van der Waals surface area contributed by atoms with Crippen LogP contribution >= 0.6 is 0 Å². The van der Waals surface area contributed by atoms with E-state index in [4.69, 9.17) is 4.74 Å². The first-order valence-corrected chi connectivity index (χ1v) is 6.38.